The fraction of sp³-hybridized carbons (Fsp3) is 1.00. The van der Waals surface area contributed by atoms with Crippen molar-refractivity contribution in [3.05, 3.63) is 0 Å². The average Bonchev–Trinajstić information content (AvgIpc) is 2.05. The van der Waals surface area contributed by atoms with Crippen LogP contribution in [0, 0.1) is 5.41 Å². The molecule has 0 fully saturated rings. The fourth-order valence-electron chi connectivity index (χ4n) is 1.18. The van der Waals surface area contributed by atoms with E-state index < -0.39 is 0 Å². The molecule has 0 bridgehead atoms. The van der Waals surface area contributed by atoms with Gasteiger partial charge in [0.05, 0.1) is 0 Å². The Hall–Kier alpha value is -0.0800. The van der Waals surface area contributed by atoms with Gasteiger partial charge in [0, 0.05) is 19.8 Å². The standard InChI is InChI=1S/C11H25NO/c1-5-8-12-10-11(3,4)7-9-13-6-2/h12H,5-10H2,1-4H3. The minimum atomic E-state index is 0.365. The third-order valence-electron chi connectivity index (χ3n) is 2.16. The van der Waals surface area contributed by atoms with Crippen molar-refractivity contribution in [1.82, 2.24) is 5.32 Å². The van der Waals surface area contributed by atoms with Gasteiger partial charge in [0.25, 0.3) is 0 Å². The molecule has 0 atom stereocenters. The summed E-state index contributed by atoms with van der Waals surface area (Å²) in [7, 11) is 0. The van der Waals surface area contributed by atoms with Crippen molar-refractivity contribution in [3.8, 4) is 0 Å². The van der Waals surface area contributed by atoms with Crippen LogP contribution in [-0.4, -0.2) is 26.3 Å². The van der Waals surface area contributed by atoms with Crippen LogP contribution >= 0.6 is 0 Å². The monoisotopic (exact) mass is 187 g/mol. The van der Waals surface area contributed by atoms with Crippen LogP contribution in [0.4, 0.5) is 0 Å². The second kappa shape index (κ2) is 7.34. The molecular weight excluding hydrogens is 162 g/mol. The van der Waals surface area contributed by atoms with Crippen molar-refractivity contribution in [1.29, 1.82) is 0 Å². The Kier molecular flexibility index (Phi) is 7.29. The summed E-state index contributed by atoms with van der Waals surface area (Å²) in [5, 5.41) is 3.45. The molecule has 1 N–H and O–H groups in total. The first-order chi connectivity index (χ1) is 6.12. The van der Waals surface area contributed by atoms with Crippen molar-refractivity contribution < 1.29 is 4.74 Å². The van der Waals surface area contributed by atoms with E-state index in [1.807, 2.05) is 6.92 Å². The molecule has 0 rings (SSSR count). The molecule has 0 aromatic heterocycles. The predicted molar refractivity (Wildman–Crippen MR) is 58.1 cm³/mol. The zero-order valence-electron chi connectivity index (χ0n) is 9.65. The van der Waals surface area contributed by atoms with Gasteiger partial charge in [-0.15, -0.1) is 0 Å². The van der Waals surface area contributed by atoms with Crippen molar-refractivity contribution in [2.45, 2.75) is 40.5 Å². The summed E-state index contributed by atoms with van der Waals surface area (Å²) in [6.45, 7) is 12.7. The molecule has 0 aliphatic heterocycles. The summed E-state index contributed by atoms with van der Waals surface area (Å²) in [6, 6.07) is 0. The van der Waals surface area contributed by atoms with Crippen LogP contribution in [0.25, 0.3) is 0 Å². The van der Waals surface area contributed by atoms with Gasteiger partial charge in [-0.2, -0.15) is 0 Å². The Morgan fingerprint density at radius 2 is 1.92 bits per heavy atom. The minimum absolute atomic E-state index is 0.365. The van der Waals surface area contributed by atoms with Gasteiger partial charge >= 0.3 is 0 Å². The molecule has 0 aromatic carbocycles. The van der Waals surface area contributed by atoms with E-state index in [9.17, 15) is 0 Å². The summed E-state index contributed by atoms with van der Waals surface area (Å²) >= 11 is 0. The van der Waals surface area contributed by atoms with Crippen LogP contribution in [-0.2, 0) is 4.74 Å². The minimum Gasteiger partial charge on any atom is -0.382 e. The van der Waals surface area contributed by atoms with E-state index in [-0.39, 0.29) is 0 Å². The number of ether oxygens (including phenoxy) is 1. The van der Waals surface area contributed by atoms with Gasteiger partial charge in [-0.25, -0.2) is 0 Å². The highest BCUT2D eigenvalue weighted by Crippen LogP contribution is 2.18. The van der Waals surface area contributed by atoms with Crippen LogP contribution in [0.3, 0.4) is 0 Å². The van der Waals surface area contributed by atoms with Crippen LogP contribution in [0.5, 0.6) is 0 Å². The molecule has 0 heterocycles. The normalized spacial score (nSPS) is 12.0. The molecule has 0 aliphatic carbocycles. The zero-order chi connectivity index (χ0) is 10.2. The van der Waals surface area contributed by atoms with Crippen LogP contribution in [0.15, 0.2) is 0 Å². The van der Waals surface area contributed by atoms with Crippen molar-refractivity contribution in [2.24, 2.45) is 5.41 Å². The molecule has 0 unspecified atom stereocenters. The second-order valence-corrected chi connectivity index (χ2v) is 4.29. The molecule has 0 saturated heterocycles. The molecule has 0 spiro atoms. The van der Waals surface area contributed by atoms with E-state index >= 15 is 0 Å². The van der Waals surface area contributed by atoms with E-state index in [0.717, 1.165) is 32.7 Å². The lowest BCUT2D eigenvalue weighted by Gasteiger charge is -2.24. The zero-order valence-corrected chi connectivity index (χ0v) is 9.65. The maximum atomic E-state index is 5.35. The highest BCUT2D eigenvalue weighted by Gasteiger charge is 2.16. The summed E-state index contributed by atoms with van der Waals surface area (Å²) in [6.07, 6.45) is 2.35. The highest BCUT2D eigenvalue weighted by atomic mass is 16.5. The third-order valence-corrected chi connectivity index (χ3v) is 2.16. The number of hydrogen-bond donors (Lipinski definition) is 1. The van der Waals surface area contributed by atoms with Gasteiger partial charge in [-0.1, -0.05) is 20.8 Å². The molecular formula is C11H25NO. The van der Waals surface area contributed by atoms with Gasteiger partial charge in [-0.05, 0) is 31.7 Å². The lowest BCUT2D eigenvalue weighted by Crippen LogP contribution is -2.30. The van der Waals surface area contributed by atoms with Crippen LogP contribution in [0.1, 0.15) is 40.5 Å². The Bertz CT molecular complexity index is 101. The molecule has 0 saturated carbocycles. The molecule has 13 heavy (non-hydrogen) atoms. The van der Waals surface area contributed by atoms with Gasteiger partial charge in [0.1, 0.15) is 0 Å². The average molecular weight is 187 g/mol. The lowest BCUT2D eigenvalue weighted by atomic mass is 9.90. The molecule has 2 nitrogen and oxygen atoms in total. The van der Waals surface area contributed by atoms with Gasteiger partial charge in [0.15, 0.2) is 0 Å². The lowest BCUT2D eigenvalue weighted by molar-refractivity contribution is 0.113. The number of nitrogens with one attached hydrogen (secondary N) is 1. The van der Waals surface area contributed by atoms with Crippen molar-refractivity contribution in [3.63, 3.8) is 0 Å². The molecule has 0 radical (unpaired) electrons. The maximum Gasteiger partial charge on any atom is 0.0471 e. The SMILES string of the molecule is CCCNCC(C)(C)CCOCC. The van der Waals surface area contributed by atoms with Crippen LogP contribution < -0.4 is 5.32 Å². The second-order valence-electron chi connectivity index (χ2n) is 4.29. The van der Waals surface area contributed by atoms with E-state index in [2.05, 4.69) is 26.1 Å². The van der Waals surface area contributed by atoms with Gasteiger partial charge in [0.2, 0.25) is 0 Å². The molecule has 0 amide bonds. The number of rotatable bonds is 8. The third kappa shape index (κ3) is 8.26. The Balaban J connectivity index is 3.42. The summed E-state index contributed by atoms with van der Waals surface area (Å²) in [4.78, 5) is 0. The van der Waals surface area contributed by atoms with Gasteiger partial charge < -0.3 is 10.1 Å². The number of hydrogen-bond acceptors (Lipinski definition) is 2. The molecule has 0 aromatic rings. The maximum absolute atomic E-state index is 5.35. The summed E-state index contributed by atoms with van der Waals surface area (Å²) in [5.74, 6) is 0. The topological polar surface area (TPSA) is 21.3 Å². The first kappa shape index (κ1) is 12.9. The Morgan fingerprint density at radius 1 is 1.23 bits per heavy atom. The predicted octanol–water partition coefficient (Wildman–Crippen LogP) is 2.44. The van der Waals surface area contributed by atoms with E-state index in [1.165, 1.54) is 6.42 Å². The summed E-state index contributed by atoms with van der Waals surface area (Å²) < 4.78 is 5.35. The highest BCUT2D eigenvalue weighted by molar-refractivity contribution is 4.70. The molecule has 80 valence electrons. The first-order valence-electron chi connectivity index (χ1n) is 5.41. The first-order valence-corrected chi connectivity index (χ1v) is 5.41. The Morgan fingerprint density at radius 3 is 2.46 bits per heavy atom. The molecule has 2 heteroatoms. The quantitative estimate of drug-likeness (QED) is 0.589. The smallest absolute Gasteiger partial charge is 0.0471 e. The molecule has 0 aliphatic rings. The van der Waals surface area contributed by atoms with E-state index in [4.69, 9.17) is 4.74 Å². The van der Waals surface area contributed by atoms with E-state index in [1.54, 1.807) is 0 Å². The summed E-state index contributed by atoms with van der Waals surface area (Å²) in [5.41, 5.74) is 0.365. The van der Waals surface area contributed by atoms with Crippen molar-refractivity contribution in [2.75, 3.05) is 26.3 Å². The van der Waals surface area contributed by atoms with Crippen LogP contribution in [0.2, 0.25) is 0 Å². The Labute approximate surface area is 83.1 Å². The fourth-order valence-corrected chi connectivity index (χ4v) is 1.18. The van der Waals surface area contributed by atoms with Gasteiger partial charge in [-0.3, -0.25) is 0 Å². The largest absolute Gasteiger partial charge is 0.382 e. The van der Waals surface area contributed by atoms with Crippen molar-refractivity contribution >= 4 is 0 Å². The van der Waals surface area contributed by atoms with E-state index in [0.29, 0.717) is 5.41 Å².